The van der Waals surface area contributed by atoms with Crippen LogP contribution in [0.1, 0.15) is 40.0 Å². The van der Waals surface area contributed by atoms with Crippen LogP contribution in [0.15, 0.2) is 42.5 Å². The van der Waals surface area contributed by atoms with Crippen LogP contribution < -0.4 is 16.4 Å². The molecular weight excluding hydrogens is 495 g/mol. The van der Waals surface area contributed by atoms with Gasteiger partial charge in [0.15, 0.2) is 0 Å². The lowest BCUT2D eigenvalue weighted by molar-refractivity contribution is -0.142. The summed E-state index contributed by atoms with van der Waals surface area (Å²) in [4.78, 5) is 37.3. The van der Waals surface area contributed by atoms with Gasteiger partial charge in [-0.25, -0.2) is 4.79 Å². The van der Waals surface area contributed by atoms with Crippen molar-refractivity contribution in [2.24, 2.45) is 5.73 Å². The number of carbonyl (C=O) groups is 3. The van der Waals surface area contributed by atoms with E-state index in [1.807, 2.05) is 0 Å². The Morgan fingerprint density at radius 2 is 1.80 bits per heavy atom. The molecule has 1 aliphatic heterocycles. The number of amides is 2. The highest BCUT2D eigenvalue weighted by molar-refractivity contribution is 6.40. The van der Waals surface area contributed by atoms with Gasteiger partial charge in [-0.05, 0) is 36.2 Å². The number of aromatic nitrogens is 3. The number of carbonyl (C=O) groups excluding carboxylic acids is 2. The molecule has 0 spiro atoms. The summed E-state index contributed by atoms with van der Waals surface area (Å²) < 4.78 is 1.68. The Kier molecular flexibility index (Phi) is 7.34. The fraction of sp³-hybridized carbons (Fsp3) is 0.261. The normalized spacial score (nSPS) is 15.3. The number of aryl methyl sites for hydroxylation is 1. The number of anilines is 1. The van der Waals surface area contributed by atoms with Crippen molar-refractivity contribution in [2.45, 2.75) is 37.9 Å². The summed E-state index contributed by atoms with van der Waals surface area (Å²) in [6, 6.07) is 9.64. The molecule has 0 saturated heterocycles. The Morgan fingerprint density at radius 1 is 1.11 bits per heavy atom. The zero-order chi connectivity index (χ0) is 25.1. The highest BCUT2D eigenvalue weighted by Gasteiger charge is 2.34. The lowest BCUT2D eigenvalue weighted by Gasteiger charge is -2.19. The van der Waals surface area contributed by atoms with Crippen molar-refractivity contribution in [3.05, 3.63) is 75.3 Å². The summed E-state index contributed by atoms with van der Waals surface area (Å²) in [5.74, 6) is -0.907. The number of carboxylic acids is 1. The quantitative estimate of drug-likeness (QED) is 0.358. The molecule has 2 amide bonds. The number of nitrogens with zero attached hydrogens (tertiary/aromatic N) is 3. The van der Waals surface area contributed by atoms with Crippen LogP contribution in [0.25, 0.3) is 0 Å². The van der Waals surface area contributed by atoms with Gasteiger partial charge in [0, 0.05) is 18.5 Å². The fourth-order valence-corrected chi connectivity index (χ4v) is 4.58. The number of benzene rings is 2. The molecule has 4 rings (SSSR count). The van der Waals surface area contributed by atoms with E-state index in [1.165, 1.54) is 0 Å². The van der Waals surface area contributed by atoms with E-state index in [9.17, 15) is 19.5 Å². The minimum atomic E-state index is -1.16. The molecule has 0 fully saturated rings. The molecule has 0 bridgehead atoms. The molecule has 3 aromatic rings. The van der Waals surface area contributed by atoms with Gasteiger partial charge >= 0.3 is 5.97 Å². The number of nitrogens with two attached hydrogens (primary N) is 1. The van der Waals surface area contributed by atoms with Crippen molar-refractivity contribution < 1.29 is 19.5 Å². The second-order valence-electron chi connectivity index (χ2n) is 8.01. The van der Waals surface area contributed by atoms with E-state index in [2.05, 4.69) is 20.8 Å². The van der Waals surface area contributed by atoms with Crippen LogP contribution in [0.5, 0.6) is 0 Å². The third kappa shape index (κ3) is 5.29. The van der Waals surface area contributed by atoms with Crippen molar-refractivity contribution >= 4 is 46.7 Å². The lowest BCUT2D eigenvalue weighted by Crippen LogP contribution is -2.45. The van der Waals surface area contributed by atoms with Gasteiger partial charge in [0.2, 0.25) is 5.91 Å². The molecule has 1 unspecified atom stereocenters. The SMILES string of the molecule is NCc1nnc2n1C(C(=O)N[C@@H](Cc1ccc(NC(=O)c3c(Cl)cccc3Cl)cc1)C(=O)O)CC2. The number of nitrogens with one attached hydrogen (secondary N) is 2. The van der Waals surface area contributed by atoms with Crippen LogP contribution in [-0.2, 0) is 29.0 Å². The predicted molar refractivity (Wildman–Crippen MR) is 129 cm³/mol. The van der Waals surface area contributed by atoms with Crippen molar-refractivity contribution in [3.8, 4) is 0 Å². The second-order valence-corrected chi connectivity index (χ2v) is 8.83. The number of rotatable bonds is 8. The molecule has 2 atom stereocenters. The smallest absolute Gasteiger partial charge is 0.326 e. The topological polar surface area (TPSA) is 152 Å². The van der Waals surface area contributed by atoms with E-state index in [4.69, 9.17) is 28.9 Å². The summed E-state index contributed by atoms with van der Waals surface area (Å²) in [7, 11) is 0. The summed E-state index contributed by atoms with van der Waals surface area (Å²) in [6.07, 6.45) is 1.12. The number of fused-ring (bicyclic) bond motifs is 1. The average molecular weight is 517 g/mol. The van der Waals surface area contributed by atoms with Crippen LogP contribution >= 0.6 is 23.2 Å². The van der Waals surface area contributed by atoms with Crippen LogP contribution in [0.4, 0.5) is 5.69 Å². The molecule has 0 aliphatic carbocycles. The Bertz CT molecular complexity index is 1260. The van der Waals surface area contributed by atoms with Gasteiger partial charge in [-0.3, -0.25) is 9.59 Å². The minimum absolute atomic E-state index is 0.0527. The first-order valence-electron chi connectivity index (χ1n) is 10.8. The Balaban J connectivity index is 1.41. The van der Waals surface area contributed by atoms with Crippen LogP contribution in [0.3, 0.4) is 0 Å². The Hall–Kier alpha value is -3.47. The van der Waals surface area contributed by atoms with Crippen LogP contribution in [0, 0.1) is 0 Å². The van der Waals surface area contributed by atoms with E-state index < -0.39 is 29.9 Å². The Morgan fingerprint density at radius 3 is 2.43 bits per heavy atom. The van der Waals surface area contributed by atoms with Crippen molar-refractivity contribution in [2.75, 3.05) is 5.32 Å². The van der Waals surface area contributed by atoms with Gasteiger partial charge < -0.3 is 26.0 Å². The number of aliphatic carboxylic acids is 1. The van der Waals surface area contributed by atoms with E-state index >= 15 is 0 Å². The third-order valence-electron chi connectivity index (χ3n) is 5.73. The maximum Gasteiger partial charge on any atom is 0.326 e. The van der Waals surface area contributed by atoms with Crippen LogP contribution in [0.2, 0.25) is 10.0 Å². The Labute approximate surface area is 210 Å². The highest BCUT2D eigenvalue weighted by atomic mass is 35.5. The van der Waals surface area contributed by atoms with Gasteiger partial charge in [0.05, 0.1) is 22.2 Å². The molecule has 35 heavy (non-hydrogen) atoms. The lowest BCUT2D eigenvalue weighted by atomic mass is 10.0. The standard InChI is InChI=1S/C23H22Cl2N6O4/c24-14-2-1-3-15(25)20(14)22(33)27-13-6-4-12(5-7-13)10-16(23(34)35)28-21(32)17-8-9-18-29-30-19(11-26)31(17)18/h1-7,16-17H,8-11,26H2,(H,27,33)(H,28,32)(H,34,35)/t16-,17?/m0/s1. The number of halogens is 2. The maximum atomic E-state index is 12.9. The molecule has 2 heterocycles. The van der Waals surface area contributed by atoms with Gasteiger partial charge in [0.25, 0.3) is 5.91 Å². The zero-order valence-electron chi connectivity index (χ0n) is 18.4. The number of carboxylic acid groups (broad SMARTS) is 1. The van der Waals surface area contributed by atoms with Gasteiger partial charge in [-0.15, -0.1) is 10.2 Å². The maximum absolute atomic E-state index is 12.9. The zero-order valence-corrected chi connectivity index (χ0v) is 19.9. The second kappa shape index (κ2) is 10.4. The molecule has 2 aromatic carbocycles. The number of hydrogen-bond donors (Lipinski definition) is 4. The first-order valence-corrected chi connectivity index (χ1v) is 11.5. The molecule has 10 nitrogen and oxygen atoms in total. The average Bonchev–Trinajstić information content (AvgIpc) is 3.42. The van der Waals surface area contributed by atoms with Gasteiger partial charge in [-0.2, -0.15) is 0 Å². The first-order chi connectivity index (χ1) is 16.8. The van der Waals surface area contributed by atoms with Crippen molar-refractivity contribution in [1.29, 1.82) is 0 Å². The summed E-state index contributed by atoms with van der Waals surface area (Å²) >= 11 is 12.2. The molecule has 5 N–H and O–H groups in total. The van der Waals surface area contributed by atoms with Gasteiger partial charge in [-0.1, -0.05) is 41.4 Å². The monoisotopic (exact) mass is 516 g/mol. The summed E-state index contributed by atoms with van der Waals surface area (Å²) in [5.41, 5.74) is 6.98. The molecule has 0 saturated carbocycles. The molecule has 182 valence electrons. The van der Waals surface area contributed by atoms with Crippen molar-refractivity contribution in [1.82, 2.24) is 20.1 Å². The molecule has 1 aliphatic rings. The number of hydrogen-bond acceptors (Lipinski definition) is 6. The van der Waals surface area contributed by atoms with Crippen molar-refractivity contribution in [3.63, 3.8) is 0 Å². The largest absolute Gasteiger partial charge is 0.480 e. The highest BCUT2D eigenvalue weighted by Crippen LogP contribution is 2.27. The predicted octanol–water partition coefficient (Wildman–Crippen LogP) is 2.60. The summed E-state index contributed by atoms with van der Waals surface area (Å²) in [5, 5.41) is 23.5. The van der Waals surface area contributed by atoms with E-state index in [1.54, 1.807) is 47.0 Å². The van der Waals surface area contributed by atoms with E-state index in [0.29, 0.717) is 35.7 Å². The minimum Gasteiger partial charge on any atom is -0.480 e. The molecule has 1 aromatic heterocycles. The third-order valence-corrected chi connectivity index (χ3v) is 6.36. The van der Waals surface area contributed by atoms with E-state index in [0.717, 1.165) is 0 Å². The summed E-state index contributed by atoms with van der Waals surface area (Å²) in [6.45, 7) is 0.130. The fourth-order valence-electron chi connectivity index (χ4n) is 4.01. The molecular formula is C23H22Cl2N6O4. The molecule has 0 radical (unpaired) electrons. The molecule has 12 heteroatoms. The van der Waals surface area contributed by atoms with Gasteiger partial charge in [0.1, 0.15) is 23.7 Å². The van der Waals surface area contributed by atoms with Crippen LogP contribution in [-0.4, -0.2) is 43.7 Å². The van der Waals surface area contributed by atoms with E-state index in [-0.39, 0.29) is 28.6 Å². The first kappa shape index (κ1) is 24.6.